The van der Waals surface area contributed by atoms with Crippen molar-refractivity contribution >= 4 is 39.4 Å². The first-order chi connectivity index (χ1) is 13.4. The van der Waals surface area contributed by atoms with Crippen LogP contribution in [0.1, 0.15) is 21.8 Å². The molecule has 0 aromatic carbocycles. The molecule has 2 N–H and O–H groups in total. The van der Waals surface area contributed by atoms with E-state index in [0.717, 1.165) is 22.3 Å². The molecule has 3 aromatic rings. The number of hydrogen-bond donors (Lipinski definition) is 2. The summed E-state index contributed by atoms with van der Waals surface area (Å²) in [4.78, 5) is 57.8. The summed E-state index contributed by atoms with van der Waals surface area (Å²) in [6.07, 6.45) is 2.80. The molecule has 146 valence electrons. The summed E-state index contributed by atoms with van der Waals surface area (Å²) in [6.45, 7) is 0.426. The number of carbonyl (C=O) groups is 2. The van der Waals surface area contributed by atoms with Crippen molar-refractivity contribution < 1.29 is 9.59 Å². The Hall–Kier alpha value is -3.28. The number of nitrogens with zero attached hydrogens (tertiary/aromatic N) is 5. The number of fused-ring (bicyclic) bond motifs is 2. The Kier molecular flexibility index (Phi) is 4.34. The van der Waals surface area contributed by atoms with E-state index in [1.165, 1.54) is 29.6 Å². The summed E-state index contributed by atoms with van der Waals surface area (Å²) < 4.78 is 3.61. The molecule has 0 saturated heterocycles. The van der Waals surface area contributed by atoms with E-state index in [0.29, 0.717) is 28.7 Å². The Bertz CT molecular complexity index is 1230. The van der Waals surface area contributed by atoms with Gasteiger partial charge in [-0.1, -0.05) is 11.3 Å². The van der Waals surface area contributed by atoms with Gasteiger partial charge in [0.1, 0.15) is 11.4 Å². The first-order valence-electron chi connectivity index (χ1n) is 8.55. The highest BCUT2D eigenvalue weighted by molar-refractivity contribution is 7.17. The van der Waals surface area contributed by atoms with Crippen molar-refractivity contribution in [3.05, 3.63) is 37.7 Å². The van der Waals surface area contributed by atoms with Crippen LogP contribution in [0.5, 0.6) is 0 Å². The van der Waals surface area contributed by atoms with E-state index >= 15 is 0 Å². The summed E-state index contributed by atoms with van der Waals surface area (Å²) in [5.74, 6) is -0.602. The Labute approximate surface area is 161 Å². The summed E-state index contributed by atoms with van der Waals surface area (Å²) >= 11 is 1.12. The SMILES string of the molecule is Cn1c(=O)c2c(ncn2CC(=O)Nc2nc3c(s2)C(=O)NCCC3)n(C)c1=O. The van der Waals surface area contributed by atoms with Gasteiger partial charge in [-0.05, 0) is 12.8 Å². The number of aryl methyl sites for hydroxylation is 2. The molecule has 0 saturated carbocycles. The normalized spacial score (nSPS) is 13.9. The van der Waals surface area contributed by atoms with Crippen LogP contribution >= 0.6 is 11.3 Å². The summed E-state index contributed by atoms with van der Waals surface area (Å²) in [5, 5.41) is 5.78. The maximum Gasteiger partial charge on any atom is 0.332 e. The first kappa shape index (κ1) is 18.1. The molecule has 0 bridgehead atoms. The molecule has 0 fully saturated rings. The van der Waals surface area contributed by atoms with Crippen LogP contribution in [0.15, 0.2) is 15.9 Å². The zero-order valence-electron chi connectivity index (χ0n) is 15.2. The maximum absolute atomic E-state index is 12.5. The molecule has 1 aliphatic heterocycles. The fourth-order valence-electron chi connectivity index (χ4n) is 3.12. The van der Waals surface area contributed by atoms with Crippen molar-refractivity contribution in [2.45, 2.75) is 19.4 Å². The van der Waals surface area contributed by atoms with Crippen LogP contribution in [-0.4, -0.2) is 42.0 Å². The van der Waals surface area contributed by atoms with Gasteiger partial charge in [0, 0.05) is 20.6 Å². The minimum atomic E-state index is -0.527. The molecule has 12 heteroatoms. The third kappa shape index (κ3) is 2.91. The third-order valence-electron chi connectivity index (χ3n) is 4.56. The minimum absolute atomic E-state index is 0.161. The number of carbonyl (C=O) groups excluding carboxylic acids is 2. The highest BCUT2D eigenvalue weighted by Crippen LogP contribution is 2.25. The number of nitrogens with one attached hydrogen (secondary N) is 2. The molecule has 3 aromatic heterocycles. The van der Waals surface area contributed by atoms with Crippen LogP contribution in [0.3, 0.4) is 0 Å². The van der Waals surface area contributed by atoms with Crippen molar-refractivity contribution in [1.29, 1.82) is 0 Å². The summed E-state index contributed by atoms with van der Waals surface area (Å²) in [5.41, 5.74) is 0.0237. The number of anilines is 1. The van der Waals surface area contributed by atoms with Crippen molar-refractivity contribution in [2.75, 3.05) is 11.9 Å². The Balaban J connectivity index is 1.60. The van der Waals surface area contributed by atoms with Crippen molar-refractivity contribution in [3.63, 3.8) is 0 Å². The number of hydrogen-bond acceptors (Lipinski definition) is 7. The van der Waals surface area contributed by atoms with Gasteiger partial charge in [-0.3, -0.25) is 23.5 Å². The van der Waals surface area contributed by atoms with Crippen LogP contribution in [-0.2, 0) is 31.9 Å². The van der Waals surface area contributed by atoms with Crippen LogP contribution in [0.25, 0.3) is 11.2 Å². The molecule has 0 aliphatic carbocycles. The topological polar surface area (TPSA) is 133 Å². The van der Waals surface area contributed by atoms with Crippen LogP contribution in [0.4, 0.5) is 5.13 Å². The van der Waals surface area contributed by atoms with E-state index in [1.54, 1.807) is 0 Å². The quantitative estimate of drug-likeness (QED) is 0.589. The van der Waals surface area contributed by atoms with Gasteiger partial charge in [0.05, 0.1) is 12.0 Å². The van der Waals surface area contributed by atoms with E-state index in [1.807, 2.05) is 0 Å². The van der Waals surface area contributed by atoms with Gasteiger partial charge < -0.3 is 15.2 Å². The van der Waals surface area contributed by atoms with Crippen molar-refractivity contribution in [2.24, 2.45) is 14.1 Å². The number of rotatable bonds is 3. The molecule has 0 spiro atoms. The molecule has 28 heavy (non-hydrogen) atoms. The molecule has 2 amide bonds. The van der Waals surface area contributed by atoms with E-state index in [9.17, 15) is 19.2 Å². The summed E-state index contributed by atoms with van der Waals surface area (Å²) in [6, 6.07) is 0. The second-order valence-corrected chi connectivity index (χ2v) is 7.45. The zero-order valence-corrected chi connectivity index (χ0v) is 16.0. The Morgan fingerprint density at radius 2 is 2.07 bits per heavy atom. The van der Waals surface area contributed by atoms with E-state index < -0.39 is 17.2 Å². The number of imidazole rings is 1. The molecule has 4 rings (SSSR count). The van der Waals surface area contributed by atoms with Gasteiger partial charge in [-0.2, -0.15) is 0 Å². The van der Waals surface area contributed by atoms with Crippen LogP contribution < -0.4 is 21.9 Å². The fourth-order valence-corrected chi connectivity index (χ4v) is 4.06. The van der Waals surface area contributed by atoms with Crippen molar-refractivity contribution in [3.8, 4) is 0 Å². The number of aromatic nitrogens is 5. The van der Waals surface area contributed by atoms with E-state index in [4.69, 9.17) is 0 Å². The molecule has 0 atom stereocenters. The second kappa shape index (κ2) is 6.71. The number of thiazole rings is 1. The largest absolute Gasteiger partial charge is 0.351 e. The van der Waals surface area contributed by atoms with E-state index in [2.05, 4.69) is 20.6 Å². The molecule has 0 radical (unpaired) electrons. The van der Waals surface area contributed by atoms with Gasteiger partial charge in [0.15, 0.2) is 16.3 Å². The molecule has 11 nitrogen and oxygen atoms in total. The first-order valence-corrected chi connectivity index (χ1v) is 9.37. The van der Waals surface area contributed by atoms with Gasteiger partial charge >= 0.3 is 5.69 Å². The molecule has 4 heterocycles. The van der Waals surface area contributed by atoms with Gasteiger partial charge in [0.2, 0.25) is 5.91 Å². The van der Waals surface area contributed by atoms with Gasteiger partial charge in [0.25, 0.3) is 11.5 Å². The lowest BCUT2D eigenvalue weighted by Gasteiger charge is -2.06. The standard InChI is InChI=1S/C16H17N7O4S/c1-21-12-10(14(26)22(2)16(21)27)23(7-18-12)6-9(24)20-15-19-8-4-3-5-17-13(25)11(8)28-15/h7H,3-6H2,1-2H3,(H,17,25)(H,19,20,24). The predicted molar refractivity (Wildman–Crippen MR) is 102 cm³/mol. The lowest BCUT2D eigenvalue weighted by molar-refractivity contribution is -0.116. The maximum atomic E-state index is 12.5. The fraction of sp³-hybridized carbons (Fsp3) is 0.375. The van der Waals surface area contributed by atoms with Gasteiger partial charge in [-0.25, -0.2) is 14.8 Å². The van der Waals surface area contributed by atoms with Crippen LogP contribution in [0.2, 0.25) is 0 Å². The minimum Gasteiger partial charge on any atom is -0.351 e. The summed E-state index contributed by atoms with van der Waals surface area (Å²) in [7, 11) is 2.88. The highest BCUT2D eigenvalue weighted by Gasteiger charge is 2.22. The predicted octanol–water partition coefficient (Wildman–Crippen LogP) is -0.795. The van der Waals surface area contributed by atoms with Gasteiger partial charge in [-0.15, -0.1) is 0 Å². The lowest BCUT2D eigenvalue weighted by Crippen LogP contribution is -2.37. The molecular formula is C16H17N7O4S. The number of amides is 2. The molecular weight excluding hydrogens is 386 g/mol. The van der Waals surface area contributed by atoms with Crippen molar-refractivity contribution in [1.82, 2.24) is 29.0 Å². The van der Waals surface area contributed by atoms with E-state index in [-0.39, 0.29) is 23.6 Å². The average molecular weight is 403 g/mol. The Morgan fingerprint density at radius 3 is 2.86 bits per heavy atom. The monoisotopic (exact) mass is 403 g/mol. The van der Waals surface area contributed by atoms with Crippen LogP contribution in [0, 0.1) is 0 Å². The smallest absolute Gasteiger partial charge is 0.332 e. The molecule has 0 unspecified atom stereocenters. The lowest BCUT2D eigenvalue weighted by atomic mass is 10.2. The zero-order chi connectivity index (χ0) is 20.0. The third-order valence-corrected chi connectivity index (χ3v) is 5.57. The second-order valence-electron chi connectivity index (χ2n) is 6.45. The average Bonchev–Trinajstić information content (AvgIpc) is 3.21. The Morgan fingerprint density at radius 1 is 1.29 bits per heavy atom. The highest BCUT2D eigenvalue weighted by atomic mass is 32.1. The molecule has 1 aliphatic rings.